The van der Waals surface area contributed by atoms with Crippen LogP contribution >= 0.6 is 0 Å². The van der Waals surface area contributed by atoms with Crippen LogP contribution in [0.3, 0.4) is 0 Å². The minimum atomic E-state index is -0.506. The highest BCUT2D eigenvalue weighted by atomic mass is 19.1. The molecule has 0 aliphatic carbocycles. The van der Waals surface area contributed by atoms with Crippen molar-refractivity contribution in [2.75, 3.05) is 7.11 Å². The average Bonchev–Trinajstić information content (AvgIpc) is 2.67. The number of aromatic nitrogens is 1. The molecule has 0 atom stereocenters. The van der Waals surface area contributed by atoms with Gasteiger partial charge in [0.05, 0.1) is 7.11 Å². The number of nitrogens with zero attached hydrogens (tertiary/aromatic N) is 1. The summed E-state index contributed by atoms with van der Waals surface area (Å²) >= 11 is 0. The molecule has 0 saturated heterocycles. The molecule has 5 heteroatoms. The van der Waals surface area contributed by atoms with E-state index in [0.717, 1.165) is 0 Å². The quantitative estimate of drug-likeness (QED) is 0.576. The number of methoxy groups -OCH3 is 1. The van der Waals surface area contributed by atoms with Crippen LogP contribution < -0.4 is 0 Å². The lowest BCUT2D eigenvalue weighted by molar-refractivity contribution is -0.134. The average molecular weight is 221 g/mol. The van der Waals surface area contributed by atoms with Crippen molar-refractivity contribution in [2.45, 2.75) is 0 Å². The number of esters is 1. The molecule has 1 aromatic heterocycles. The van der Waals surface area contributed by atoms with Crippen molar-refractivity contribution in [3.05, 3.63) is 36.0 Å². The Labute approximate surface area is 90.3 Å². The second-order valence-corrected chi connectivity index (χ2v) is 3.02. The Kier molecular flexibility index (Phi) is 2.68. The highest BCUT2D eigenvalue weighted by Crippen LogP contribution is 2.17. The van der Waals surface area contributed by atoms with Gasteiger partial charge in [-0.25, -0.2) is 14.2 Å². The molecule has 1 aromatic carbocycles. The molecule has 0 saturated carbocycles. The molecule has 0 N–H and O–H groups in total. The van der Waals surface area contributed by atoms with Gasteiger partial charge >= 0.3 is 5.97 Å². The van der Waals surface area contributed by atoms with Gasteiger partial charge in [-0.1, -0.05) is 0 Å². The van der Waals surface area contributed by atoms with Crippen LogP contribution in [0.4, 0.5) is 4.39 Å². The number of carbonyl (C=O) groups excluding carboxylic acids is 1. The van der Waals surface area contributed by atoms with Crippen LogP contribution in [-0.4, -0.2) is 18.1 Å². The molecule has 16 heavy (non-hydrogen) atoms. The van der Waals surface area contributed by atoms with E-state index in [-0.39, 0.29) is 5.89 Å². The van der Waals surface area contributed by atoms with Gasteiger partial charge in [0, 0.05) is 18.2 Å². The smallest absolute Gasteiger partial charge is 0.330 e. The third-order valence-corrected chi connectivity index (χ3v) is 1.93. The van der Waals surface area contributed by atoms with Gasteiger partial charge in [-0.3, -0.25) is 0 Å². The van der Waals surface area contributed by atoms with Crippen LogP contribution in [0.1, 0.15) is 5.89 Å². The van der Waals surface area contributed by atoms with E-state index in [4.69, 9.17) is 4.42 Å². The molecule has 1 heterocycles. The second kappa shape index (κ2) is 4.14. The third-order valence-electron chi connectivity index (χ3n) is 1.93. The summed E-state index contributed by atoms with van der Waals surface area (Å²) < 4.78 is 22.4. The summed E-state index contributed by atoms with van der Waals surface area (Å²) in [5.74, 6) is -0.674. The van der Waals surface area contributed by atoms with E-state index < -0.39 is 11.8 Å². The highest BCUT2D eigenvalue weighted by Gasteiger charge is 2.04. The minimum absolute atomic E-state index is 0.228. The standard InChI is InChI=1S/C11H8FNO3/c1-15-11(14)5-4-10-13-8-3-2-7(12)6-9(8)16-10/h2-6H,1H3/b5-4+. The number of hydrogen-bond donors (Lipinski definition) is 0. The van der Waals surface area contributed by atoms with Crippen LogP contribution in [0.15, 0.2) is 28.7 Å². The zero-order chi connectivity index (χ0) is 11.5. The lowest BCUT2D eigenvalue weighted by Crippen LogP contribution is -1.93. The normalized spacial score (nSPS) is 11.1. The molecule has 0 fully saturated rings. The van der Waals surface area contributed by atoms with Crippen molar-refractivity contribution in [3.63, 3.8) is 0 Å². The zero-order valence-electron chi connectivity index (χ0n) is 8.44. The van der Waals surface area contributed by atoms with Crippen molar-refractivity contribution < 1.29 is 18.3 Å². The van der Waals surface area contributed by atoms with Crippen molar-refractivity contribution in [2.24, 2.45) is 0 Å². The van der Waals surface area contributed by atoms with Gasteiger partial charge in [-0.2, -0.15) is 0 Å². The molecule has 0 bridgehead atoms. The molecule has 2 rings (SSSR count). The molecule has 0 aliphatic rings. The Morgan fingerprint density at radius 2 is 2.38 bits per heavy atom. The Bertz CT molecular complexity index is 559. The van der Waals surface area contributed by atoms with E-state index >= 15 is 0 Å². The molecule has 82 valence electrons. The molecule has 0 spiro atoms. The highest BCUT2D eigenvalue weighted by molar-refractivity contribution is 5.86. The maximum atomic E-state index is 12.8. The van der Waals surface area contributed by atoms with E-state index in [1.54, 1.807) is 0 Å². The molecule has 2 aromatic rings. The summed E-state index contributed by atoms with van der Waals surface area (Å²) in [7, 11) is 1.27. The summed E-state index contributed by atoms with van der Waals surface area (Å²) in [6, 6.07) is 4.03. The van der Waals surface area contributed by atoms with Gasteiger partial charge in [0.2, 0.25) is 5.89 Å². The fraction of sp³-hybridized carbons (Fsp3) is 0.0909. The zero-order valence-corrected chi connectivity index (χ0v) is 8.44. The van der Waals surface area contributed by atoms with Crippen LogP contribution in [0, 0.1) is 5.82 Å². The SMILES string of the molecule is COC(=O)/C=C/c1nc2ccc(F)cc2o1. The van der Waals surface area contributed by atoms with Crippen molar-refractivity contribution in [3.8, 4) is 0 Å². The van der Waals surface area contributed by atoms with E-state index in [1.807, 2.05) is 0 Å². The van der Waals surface area contributed by atoms with Gasteiger partial charge in [-0.15, -0.1) is 0 Å². The number of rotatable bonds is 2. The van der Waals surface area contributed by atoms with Crippen LogP contribution in [-0.2, 0) is 9.53 Å². The number of ether oxygens (including phenoxy) is 1. The number of fused-ring (bicyclic) bond motifs is 1. The predicted octanol–water partition coefficient (Wildman–Crippen LogP) is 2.15. The first-order valence-corrected chi connectivity index (χ1v) is 4.51. The van der Waals surface area contributed by atoms with Crippen molar-refractivity contribution >= 4 is 23.1 Å². The van der Waals surface area contributed by atoms with Crippen LogP contribution in [0.2, 0.25) is 0 Å². The summed E-state index contributed by atoms with van der Waals surface area (Å²) in [5, 5.41) is 0. The largest absolute Gasteiger partial charge is 0.466 e. The van der Waals surface area contributed by atoms with Gasteiger partial charge in [0.25, 0.3) is 0 Å². The Morgan fingerprint density at radius 3 is 3.12 bits per heavy atom. The first kappa shape index (κ1) is 10.4. The lowest BCUT2D eigenvalue weighted by atomic mass is 10.3. The molecule has 0 radical (unpaired) electrons. The summed E-state index contributed by atoms with van der Waals surface area (Å²) in [6.07, 6.45) is 2.55. The summed E-state index contributed by atoms with van der Waals surface area (Å²) in [4.78, 5) is 14.8. The van der Waals surface area contributed by atoms with Gasteiger partial charge in [-0.05, 0) is 12.1 Å². The first-order chi connectivity index (χ1) is 7.69. The minimum Gasteiger partial charge on any atom is -0.466 e. The molecule has 4 nitrogen and oxygen atoms in total. The molecular formula is C11H8FNO3. The van der Waals surface area contributed by atoms with E-state index in [9.17, 15) is 9.18 Å². The summed E-state index contributed by atoms with van der Waals surface area (Å²) in [6.45, 7) is 0. The van der Waals surface area contributed by atoms with Gasteiger partial charge < -0.3 is 9.15 Å². The fourth-order valence-electron chi connectivity index (χ4n) is 1.19. The van der Waals surface area contributed by atoms with Crippen LogP contribution in [0.5, 0.6) is 0 Å². The number of oxazole rings is 1. The lowest BCUT2D eigenvalue weighted by Gasteiger charge is -1.87. The predicted molar refractivity (Wildman–Crippen MR) is 55.0 cm³/mol. The Morgan fingerprint density at radius 1 is 1.56 bits per heavy atom. The fourth-order valence-corrected chi connectivity index (χ4v) is 1.19. The number of carbonyl (C=O) groups is 1. The Hall–Kier alpha value is -2.17. The Balaban J connectivity index is 2.33. The van der Waals surface area contributed by atoms with Crippen LogP contribution in [0.25, 0.3) is 17.2 Å². The van der Waals surface area contributed by atoms with E-state index in [1.165, 1.54) is 37.5 Å². The van der Waals surface area contributed by atoms with Crippen molar-refractivity contribution in [1.29, 1.82) is 0 Å². The number of benzene rings is 1. The second-order valence-electron chi connectivity index (χ2n) is 3.02. The maximum absolute atomic E-state index is 12.8. The molecule has 0 unspecified atom stereocenters. The molecular weight excluding hydrogens is 213 g/mol. The molecule has 0 aliphatic heterocycles. The topological polar surface area (TPSA) is 52.3 Å². The third kappa shape index (κ3) is 2.08. The van der Waals surface area contributed by atoms with E-state index in [2.05, 4.69) is 9.72 Å². The monoisotopic (exact) mass is 221 g/mol. The van der Waals surface area contributed by atoms with Gasteiger partial charge in [0.15, 0.2) is 5.58 Å². The van der Waals surface area contributed by atoms with E-state index in [0.29, 0.717) is 11.1 Å². The first-order valence-electron chi connectivity index (χ1n) is 4.51. The maximum Gasteiger partial charge on any atom is 0.330 e. The van der Waals surface area contributed by atoms with Gasteiger partial charge in [0.1, 0.15) is 11.3 Å². The number of halogens is 1. The number of hydrogen-bond acceptors (Lipinski definition) is 4. The molecule has 0 amide bonds. The summed E-state index contributed by atoms with van der Waals surface area (Å²) in [5.41, 5.74) is 0.871. The van der Waals surface area contributed by atoms with Crippen molar-refractivity contribution in [1.82, 2.24) is 4.98 Å².